The quantitative estimate of drug-likeness (QED) is 0.358. The van der Waals surface area contributed by atoms with Gasteiger partial charge < -0.3 is 14.6 Å². The molecule has 0 aromatic rings. The molecule has 0 saturated carbocycles. The van der Waals surface area contributed by atoms with Gasteiger partial charge in [-0.05, 0) is 39.0 Å². The Balaban J connectivity index is 4.31. The number of aliphatic carboxylic acids is 1. The van der Waals surface area contributed by atoms with Crippen molar-refractivity contribution in [2.24, 2.45) is 5.41 Å². The van der Waals surface area contributed by atoms with Crippen molar-refractivity contribution >= 4 is 17.9 Å². The second kappa shape index (κ2) is 10.2. The Morgan fingerprint density at radius 2 is 1.48 bits per heavy atom. The monoisotopic (exact) mass is 302 g/mol. The summed E-state index contributed by atoms with van der Waals surface area (Å²) in [6, 6.07) is 0. The molecule has 0 spiro atoms. The number of rotatable bonds is 11. The molecule has 0 aromatic heterocycles. The van der Waals surface area contributed by atoms with E-state index in [9.17, 15) is 14.4 Å². The smallest absolute Gasteiger partial charge is 0.323 e. The summed E-state index contributed by atoms with van der Waals surface area (Å²) in [6.45, 7) is 5.63. The van der Waals surface area contributed by atoms with Crippen molar-refractivity contribution < 1.29 is 29.0 Å². The Hall–Kier alpha value is -1.59. The van der Waals surface area contributed by atoms with Crippen LogP contribution in [0.2, 0.25) is 0 Å². The van der Waals surface area contributed by atoms with Gasteiger partial charge in [0.05, 0.1) is 13.2 Å². The highest BCUT2D eigenvalue weighted by atomic mass is 16.6. The van der Waals surface area contributed by atoms with Crippen LogP contribution in [0.4, 0.5) is 0 Å². The van der Waals surface area contributed by atoms with Gasteiger partial charge in [0.15, 0.2) is 5.41 Å². The van der Waals surface area contributed by atoms with E-state index in [2.05, 4.69) is 0 Å². The molecule has 0 saturated heterocycles. The molecule has 21 heavy (non-hydrogen) atoms. The first-order valence-corrected chi connectivity index (χ1v) is 7.50. The second-order valence-corrected chi connectivity index (χ2v) is 4.85. The van der Waals surface area contributed by atoms with Gasteiger partial charge in [-0.2, -0.15) is 0 Å². The van der Waals surface area contributed by atoms with Gasteiger partial charge in [0.1, 0.15) is 0 Å². The molecule has 0 unspecified atom stereocenters. The van der Waals surface area contributed by atoms with Crippen LogP contribution >= 0.6 is 0 Å². The van der Waals surface area contributed by atoms with Gasteiger partial charge in [-0.1, -0.05) is 13.8 Å². The summed E-state index contributed by atoms with van der Waals surface area (Å²) in [5.41, 5.74) is -1.23. The molecule has 0 aromatic carbocycles. The molecule has 0 radical (unpaired) electrons. The Kier molecular flexibility index (Phi) is 9.41. The van der Waals surface area contributed by atoms with Gasteiger partial charge >= 0.3 is 17.9 Å². The summed E-state index contributed by atoms with van der Waals surface area (Å²) < 4.78 is 10.2. The Labute approximate surface area is 125 Å². The van der Waals surface area contributed by atoms with Crippen molar-refractivity contribution in [3.05, 3.63) is 0 Å². The highest BCUT2D eigenvalue weighted by Gasteiger charge is 2.45. The van der Waals surface area contributed by atoms with Crippen molar-refractivity contribution in [1.82, 2.24) is 0 Å². The van der Waals surface area contributed by atoms with Crippen LogP contribution < -0.4 is 0 Å². The minimum Gasteiger partial charge on any atom is -0.481 e. The van der Waals surface area contributed by atoms with Crippen molar-refractivity contribution in [3.8, 4) is 0 Å². The lowest BCUT2D eigenvalue weighted by Crippen LogP contribution is -2.41. The fraction of sp³-hybridized carbons (Fsp3) is 0.800. The molecule has 0 aliphatic rings. The van der Waals surface area contributed by atoms with Gasteiger partial charge in [0.2, 0.25) is 0 Å². The fourth-order valence-corrected chi connectivity index (χ4v) is 2.04. The molecule has 0 heterocycles. The molecule has 6 heteroatoms. The van der Waals surface area contributed by atoms with Crippen molar-refractivity contribution in [3.63, 3.8) is 0 Å². The molecule has 0 amide bonds. The third kappa shape index (κ3) is 6.14. The first-order chi connectivity index (χ1) is 9.94. The first-order valence-electron chi connectivity index (χ1n) is 7.50. The molecular weight excluding hydrogens is 276 g/mol. The molecule has 122 valence electrons. The molecule has 6 nitrogen and oxygen atoms in total. The lowest BCUT2D eigenvalue weighted by molar-refractivity contribution is -0.173. The number of unbranched alkanes of at least 4 members (excludes halogenated alkanes) is 2. The van der Waals surface area contributed by atoms with E-state index in [1.807, 2.05) is 0 Å². The minimum atomic E-state index is -1.23. The van der Waals surface area contributed by atoms with Crippen LogP contribution in [0.5, 0.6) is 0 Å². The van der Waals surface area contributed by atoms with E-state index >= 15 is 0 Å². The van der Waals surface area contributed by atoms with Crippen LogP contribution in [0.25, 0.3) is 0 Å². The summed E-state index contributed by atoms with van der Waals surface area (Å²) >= 11 is 0. The van der Waals surface area contributed by atoms with Crippen LogP contribution in [-0.4, -0.2) is 36.2 Å². The van der Waals surface area contributed by atoms with Gasteiger partial charge in [-0.3, -0.25) is 14.4 Å². The predicted molar refractivity (Wildman–Crippen MR) is 76.7 cm³/mol. The molecule has 0 aliphatic heterocycles. The van der Waals surface area contributed by atoms with E-state index in [1.54, 1.807) is 20.8 Å². The fourth-order valence-electron chi connectivity index (χ4n) is 2.04. The van der Waals surface area contributed by atoms with Gasteiger partial charge in [-0.25, -0.2) is 0 Å². The molecule has 0 rings (SSSR count). The average Bonchev–Trinajstić information content (AvgIpc) is 2.44. The van der Waals surface area contributed by atoms with Crippen LogP contribution in [-0.2, 0) is 23.9 Å². The largest absolute Gasteiger partial charge is 0.481 e. The Morgan fingerprint density at radius 1 is 0.905 bits per heavy atom. The highest BCUT2D eigenvalue weighted by molar-refractivity contribution is 5.99. The van der Waals surface area contributed by atoms with E-state index in [1.165, 1.54) is 0 Å². The standard InChI is InChI=1S/C15H26O6/c1-4-15(5-2,13(18)20-6-3)14(19)21-11-9-7-8-10-12(16)17/h4-11H2,1-3H3,(H,16,17). The Morgan fingerprint density at radius 3 is 1.95 bits per heavy atom. The van der Waals surface area contributed by atoms with E-state index in [4.69, 9.17) is 14.6 Å². The van der Waals surface area contributed by atoms with Crippen LogP contribution in [0, 0.1) is 5.41 Å². The number of hydrogen-bond donors (Lipinski definition) is 1. The van der Waals surface area contributed by atoms with Crippen molar-refractivity contribution in [2.75, 3.05) is 13.2 Å². The zero-order chi connectivity index (χ0) is 16.3. The zero-order valence-corrected chi connectivity index (χ0v) is 13.1. The summed E-state index contributed by atoms with van der Waals surface area (Å²) in [5, 5.41) is 8.50. The minimum absolute atomic E-state index is 0.116. The molecule has 0 atom stereocenters. The van der Waals surface area contributed by atoms with Gasteiger partial charge in [-0.15, -0.1) is 0 Å². The van der Waals surface area contributed by atoms with Crippen molar-refractivity contribution in [1.29, 1.82) is 0 Å². The SMILES string of the molecule is CCOC(=O)C(CC)(CC)C(=O)OCCCCCC(=O)O. The van der Waals surface area contributed by atoms with Crippen LogP contribution in [0.15, 0.2) is 0 Å². The van der Waals surface area contributed by atoms with E-state index in [0.717, 1.165) is 0 Å². The van der Waals surface area contributed by atoms with E-state index in [-0.39, 0.29) is 19.6 Å². The topological polar surface area (TPSA) is 89.9 Å². The maximum Gasteiger partial charge on any atom is 0.323 e. The van der Waals surface area contributed by atoms with Gasteiger partial charge in [0.25, 0.3) is 0 Å². The Bertz CT molecular complexity index is 346. The summed E-state index contributed by atoms with van der Waals surface area (Å²) in [6.07, 6.45) is 2.60. The van der Waals surface area contributed by atoms with E-state index < -0.39 is 23.3 Å². The second-order valence-electron chi connectivity index (χ2n) is 4.85. The lowest BCUT2D eigenvalue weighted by Gasteiger charge is -2.26. The zero-order valence-electron chi connectivity index (χ0n) is 13.1. The molecule has 0 fully saturated rings. The molecular formula is C15H26O6. The number of carboxylic acids is 1. The summed E-state index contributed by atoms with van der Waals surface area (Å²) in [7, 11) is 0. The lowest BCUT2D eigenvalue weighted by atomic mass is 9.82. The van der Waals surface area contributed by atoms with Crippen LogP contribution in [0.3, 0.4) is 0 Å². The van der Waals surface area contributed by atoms with Gasteiger partial charge in [0, 0.05) is 6.42 Å². The summed E-state index contributed by atoms with van der Waals surface area (Å²) in [5.74, 6) is -1.92. The third-order valence-electron chi connectivity index (χ3n) is 3.53. The molecule has 0 aliphatic carbocycles. The summed E-state index contributed by atoms with van der Waals surface area (Å²) in [4.78, 5) is 34.5. The highest BCUT2D eigenvalue weighted by Crippen LogP contribution is 2.30. The van der Waals surface area contributed by atoms with Crippen molar-refractivity contribution in [2.45, 2.75) is 59.3 Å². The number of esters is 2. The molecule has 0 bridgehead atoms. The maximum atomic E-state index is 12.2. The number of carboxylic acid groups (broad SMARTS) is 1. The average molecular weight is 302 g/mol. The van der Waals surface area contributed by atoms with E-state index in [0.29, 0.717) is 32.1 Å². The molecule has 1 N–H and O–H groups in total. The number of carbonyl (C=O) groups is 3. The first kappa shape index (κ1) is 19.4. The maximum absolute atomic E-state index is 12.2. The third-order valence-corrected chi connectivity index (χ3v) is 3.53. The number of hydrogen-bond acceptors (Lipinski definition) is 5. The normalized spacial score (nSPS) is 11.0. The number of carbonyl (C=O) groups excluding carboxylic acids is 2. The predicted octanol–water partition coefficient (Wildman–Crippen LogP) is 2.54. The van der Waals surface area contributed by atoms with Crippen LogP contribution in [0.1, 0.15) is 59.3 Å². The number of ether oxygens (including phenoxy) is 2.